The topological polar surface area (TPSA) is 126 Å². The lowest BCUT2D eigenvalue weighted by atomic mass is 9.62. The summed E-state index contributed by atoms with van der Waals surface area (Å²) >= 11 is 2.93. The van der Waals surface area contributed by atoms with Gasteiger partial charge in [0.15, 0.2) is 0 Å². The molecule has 6 rings (SSSR count). The van der Waals surface area contributed by atoms with E-state index in [9.17, 15) is 24.0 Å². The molecule has 3 amide bonds. The summed E-state index contributed by atoms with van der Waals surface area (Å²) in [5.74, 6) is -1.95. The second-order valence-corrected chi connectivity index (χ2v) is 12.9. The first-order valence-electron chi connectivity index (χ1n) is 13.0. The van der Waals surface area contributed by atoms with E-state index in [1.165, 1.54) is 11.3 Å². The number of aromatic amines is 1. The van der Waals surface area contributed by atoms with Gasteiger partial charge in [-0.25, -0.2) is 4.79 Å². The molecule has 7 atom stereocenters. The number of benzene rings is 1. The largest absolute Gasteiger partial charge is 0.462 e. The fraction of sp³-hybridized carbons (Fsp3) is 0.519. The van der Waals surface area contributed by atoms with Crippen LogP contribution in [0.3, 0.4) is 0 Å². The molecule has 2 saturated carbocycles. The molecule has 9 nitrogen and oxygen atoms in total. The van der Waals surface area contributed by atoms with Crippen molar-refractivity contribution in [3.8, 4) is 0 Å². The van der Waals surface area contributed by atoms with Gasteiger partial charge in [-0.1, -0.05) is 25.2 Å². The van der Waals surface area contributed by atoms with E-state index in [1.807, 2.05) is 0 Å². The Labute approximate surface area is 227 Å². The molecule has 1 aromatic carbocycles. The molecule has 1 saturated heterocycles. The third kappa shape index (κ3) is 3.61. The number of H-pyrrole nitrogens is 1. The Balaban J connectivity index is 1.19. The number of amides is 3. The van der Waals surface area contributed by atoms with Crippen LogP contribution in [0.1, 0.15) is 48.8 Å². The lowest BCUT2D eigenvalue weighted by Gasteiger charge is -2.48. The molecule has 0 unspecified atom stereocenters. The van der Waals surface area contributed by atoms with Crippen LogP contribution in [-0.4, -0.2) is 52.0 Å². The van der Waals surface area contributed by atoms with Crippen molar-refractivity contribution in [3.05, 3.63) is 44.4 Å². The number of thioether (sulfide) groups is 1. The van der Waals surface area contributed by atoms with Crippen LogP contribution in [-0.2, 0) is 24.5 Å². The highest BCUT2D eigenvalue weighted by Gasteiger charge is 2.71. The van der Waals surface area contributed by atoms with Crippen LogP contribution >= 0.6 is 23.1 Å². The van der Waals surface area contributed by atoms with Crippen molar-refractivity contribution in [1.29, 1.82) is 0 Å². The van der Waals surface area contributed by atoms with E-state index in [2.05, 4.69) is 24.1 Å². The fourth-order valence-corrected chi connectivity index (χ4v) is 10.6. The van der Waals surface area contributed by atoms with Crippen molar-refractivity contribution in [2.45, 2.75) is 49.3 Å². The minimum Gasteiger partial charge on any atom is -0.462 e. The first-order chi connectivity index (χ1) is 18.2. The molecule has 2 bridgehead atoms. The molecule has 0 radical (unpaired) electrons. The van der Waals surface area contributed by atoms with Gasteiger partial charge in [0.05, 0.1) is 29.0 Å². The van der Waals surface area contributed by atoms with Crippen LogP contribution in [0.4, 0.5) is 5.69 Å². The summed E-state index contributed by atoms with van der Waals surface area (Å²) in [4.78, 5) is 69.1. The normalized spacial score (nSPS) is 32.7. The van der Waals surface area contributed by atoms with Crippen molar-refractivity contribution in [2.75, 3.05) is 18.5 Å². The minimum absolute atomic E-state index is 0.0439. The summed E-state index contributed by atoms with van der Waals surface area (Å²) < 4.78 is 4.97. The van der Waals surface area contributed by atoms with Crippen molar-refractivity contribution < 1.29 is 23.9 Å². The molecule has 2 N–H and O–H groups in total. The quantitative estimate of drug-likeness (QED) is 0.414. The first-order valence-corrected chi connectivity index (χ1v) is 14.7. The zero-order valence-corrected chi connectivity index (χ0v) is 22.9. The number of thiazole rings is 1. The lowest BCUT2D eigenvalue weighted by molar-refractivity contribution is -0.143. The molecule has 0 spiro atoms. The van der Waals surface area contributed by atoms with Crippen molar-refractivity contribution in [2.24, 2.45) is 29.6 Å². The first kappa shape index (κ1) is 25.4. The minimum atomic E-state index is -0.465. The summed E-state index contributed by atoms with van der Waals surface area (Å²) in [7, 11) is 0. The summed E-state index contributed by atoms with van der Waals surface area (Å²) in [6.45, 7) is 5.98. The van der Waals surface area contributed by atoms with Gasteiger partial charge in [0, 0.05) is 21.2 Å². The number of anilines is 1. The summed E-state index contributed by atoms with van der Waals surface area (Å²) in [5, 5.41) is 3.80. The van der Waals surface area contributed by atoms with Gasteiger partial charge < -0.3 is 15.0 Å². The molecule has 200 valence electrons. The Morgan fingerprint density at radius 1 is 1.11 bits per heavy atom. The Bertz CT molecular complexity index is 1400. The molecule has 2 aliphatic carbocycles. The zero-order valence-electron chi connectivity index (χ0n) is 21.3. The van der Waals surface area contributed by atoms with Gasteiger partial charge in [0.2, 0.25) is 17.7 Å². The average Bonchev–Trinajstić information content (AvgIpc) is 3.62. The fourth-order valence-electron chi connectivity index (χ4n) is 7.36. The molecule has 3 fully saturated rings. The summed E-state index contributed by atoms with van der Waals surface area (Å²) in [6.07, 6.45) is 1.68. The number of hydrogen-bond acceptors (Lipinski definition) is 8. The monoisotopic (exact) mass is 555 g/mol. The van der Waals surface area contributed by atoms with Gasteiger partial charge in [0.25, 0.3) is 0 Å². The number of esters is 1. The smallest absolute Gasteiger partial charge is 0.338 e. The molecule has 2 aromatic rings. The van der Waals surface area contributed by atoms with Crippen LogP contribution in [0.15, 0.2) is 34.1 Å². The van der Waals surface area contributed by atoms with Crippen LogP contribution in [0.5, 0.6) is 0 Å². The van der Waals surface area contributed by atoms with Crippen molar-refractivity contribution in [1.82, 2.24) is 9.88 Å². The van der Waals surface area contributed by atoms with Crippen LogP contribution < -0.4 is 10.2 Å². The highest BCUT2D eigenvalue weighted by Crippen LogP contribution is 2.69. The number of likely N-dealkylation sites (tertiary alicyclic amines) is 1. The van der Waals surface area contributed by atoms with Crippen molar-refractivity contribution in [3.63, 3.8) is 0 Å². The predicted molar refractivity (Wildman–Crippen MR) is 142 cm³/mol. The number of carbonyl (C=O) groups is 4. The number of ether oxygens (including phenoxy) is 1. The molecular weight excluding hydrogens is 526 g/mol. The maximum atomic E-state index is 13.6. The van der Waals surface area contributed by atoms with Crippen LogP contribution in [0, 0.1) is 29.6 Å². The Hall–Kier alpha value is -2.92. The second-order valence-electron chi connectivity index (χ2n) is 10.8. The van der Waals surface area contributed by atoms with Gasteiger partial charge in [0.1, 0.15) is 6.54 Å². The molecule has 3 heterocycles. The molecule has 2 aliphatic heterocycles. The third-order valence-electron chi connectivity index (χ3n) is 9.03. The number of aromatic nitrogens is 1. The standard InChI is InChI=1S/C27H29N3O6S2/c1-4-27(3)19-14-10-15(20(19)37-22-21(27)38-26(35)29-22)18-17(14)23(32)30(24(18)33)11-16(31)28-13-8-6-12(7-9-13)25(34)36-5-2/h6-9,14-15,17-20H,4-5,10-11H2,1-3H3,(H,28,31)(H,29,35)/t14-,15+,17-,18+,19+,20-,27-/m0/s1. The molecular formula is C27H29N3O6S2. The Morgan fingerprint density at radius 2 is 1.79 bits per heavy atom. The van der Waals surface area contributed by atoms with E-state index in [0.29, 0.717) is 11.3 Å². The summed E-state index contributed by atoms with van der Waals surface area (Å²) in [6, 6.07) is 6.28. The van der Waals surface area contributed by atoms with Gasteiger partial charge in [-0.3, -0.25) is 24.1 Å². The Morgan fingerprint density at radius 3 is 2.45 bits per heavy atom. The SMILES string of the molecule is CCOC(=O)c1ccc(NC(=O)CN2C(=O)[C@@H]3[C@H]4C[C@@H]([C@@H]3C2=O)[C@@H]2[C@H]4Sc3[nH]c(=O)sc3[C@@]2(C)CC)cc1. The van der Waals surface area contributed by atoms with Crippen LogP contribution in [0.25, 0.3) is 0 Å². The lowest BCUT2D eigenvalue weighted by Crippen LogP contribution is -2.49. The highest BCUT2D eigenvalue weighted by atomic mass is 32.2. The number of carbonyl (C=O) groups excluding carboxylic acids is 4. The molecule has 4 aliphatic rings. The number of rotatable bonds is 6. The average molecular weight is 556 g/mol. The number of nitrogens with zero attached hydrogens (tertiary/aromatic N) is 1. The Kier molecular flexibility index (Phi) is 6.06. The molecule has 1 aromatic heterocycles. The van der Waals surface area contributed by atoms with E-state index in [4.69, 9.17) is 4.74 Å². The highest BCUT2D eigenvalue weighted by molar-refractivity contribution is 8.00. The second kappa shape index (κ2) is 9.08. The van der Waals surface area contributed by atoms with E-state index in [0.717, 1.165) is 27.6 Å². The van der Waals surface area contributed by atoms with Crippen molar-refractivity contribution >= 4 is 52.5 Å². The number of nitrogens with one attached hydrogen (secondary N) is 2. The zero-order chi connectivity index (χ0) is 26.9. The number of fused-ring (bicyclic) bond motifs is 9. The van der Waals surface area contributed by atoms with Gasteiger partial charge in [-0.05, 0) is 61.8 Å². The van der Waals surface area contributed by atoms with E-state index >= 15 is 0 Å². The van der Waals surface area contributed by atoms with Crippen LogP contribution in [0.2, 0.25) is 0 Å². The van der Waals surface area contributed by atoms with E-state index < -0.39 is 23.7 Å². The van der Waals surface area contributed by atoms with Gasteiger partial charge in [-0.2, -0.15) is 0 Å². The maximum Gasteiger partial charge on any atom is 0.338 e. The predicted octanol–water partition coefficient (Wildman–Crippen LogP) is 3.26. The molecule has 11 heteroatoms. The third-order valence-corrected chi connectivity index (χ3v) is 11.8. The number of imide groups is 1. The van der Waals surface area contributed by atoms with E-state index in [-0.39, 0.29) is 58.3 Å². The summed E-state index contributed by atoms with van der Waals surface area (Å²) in [5.41, 5.74) is 0.599. The maximum absolute atomic E-state index is 13.6. The van der Waals surface area contributed by atoms with Gasteiger partial charge >= 0.3 is 10.8 Å². The molecule has 38 heavy (non-hydrogen) atoms. The van der Waals surface area contributed by atoms with E-state index in [1.54, 1.807) is 43.0 Å². The number of hydrogen-bond donors (Lipinski definition) is 2. The van der Waals surface area contributed by atoms with Gasteiger partial charge in [-0.15, -0.1) is 11.8 Å².